The molecule has 0 bridgehead atoms. The Bertz CT molecular complexity index is 770. The molecular weight excluding hydrogens is 324 g/mol. The van der Waals surface area contributed by atoms with Gasteiger partial charge in [-0.25, -0.2) is 0 Å². The van der Waals surface area contributed by atoms with E-state index in [1.54, 1.807) is 14.2 Å². The van der Waals surface area contributed by atoms with Crippen molar-refractivity contribution in [2.75, 3.05) is 24.9 Å². The Morgan fingerprint density at radius 2 is 1.69 bits per heavy atom. The van der Waals surface area contributed by atoms with Crippen LogP contribution in [0.3, 0.4) is 0 Å². The van der Waals surface area contributed by atoms with E-state index in [0.717, 1.165) is 22.9 Å². The van der Waals surface area contributed by atoms with Gasteiger partial charge in [-0.3, -0.25) is 0 Å². The molecule has 2 aromatic rings. The molecule has 0 saturated heterocycles. The first-order valence-corrected chi connectivity index (χ1v) is 9.22. The van der Waals surface area contributed by atoms with Crippen molar-refractivity contribution in [1.82, 2.24) is 0 Å². The van der Waals surface area contributed by atoms with Gasteiger partial charge in [0.05, 0.1) is 20.3 Å². The lowest BCUT2D eigenvalue weighted by Crippen LogP contribution is -2.49. The Labute approximate surface area is 156 Å². The monoisotopic (exact) mass is 354 g/mol. The van der Waals surface area contributed by atoms with E-state index in [-0.39, 0.29) is 11.5 Å². The molecular formula is C22H30N2O2. The molecule has 1 aliphatic rings. The smallest absolute Gasteiger partial charge is 0.120 e. The van der Waals surface area contributed by atoms with E-state index in [2.05, 4.69) is 56.5 Å². The molecule has 3 rings (SSSR count). The zero-order valence-corrected chi connectivity index (χ0v) is 16.6. The van der Waals surface area contributed by atoms with E-state index >= 15 is 0 Å². The molecule has 0 aliphatic carbocycles. The van der Waals surface area contributed by atoms with Gasteiger partial charge < -0.3 is 20.1 Å². The van der Waals surface area contributed by atoms with Crippen molar-refractivity contribution in [2.24, 2.45) is 11.3 Å². The summed E-state index contributed by atoms with van der Waals surface area (Å²) in [5.74, 6) is 2.23. The normalized spacial score (nSPS) is 20.9. The molecule has 4 heteroatoms. The summed E-state index contributed by atoms with van der Waals surface area (Å²) in [5.41, 5.74) is 3.48. The zero-order chi connectivity index (χ0) is 18.9. The molecule has 0 unspecified atom stereocenters. The second-order valence-corrected chi connectivity index (χ2v) is 7.95. The van der Waals surface area contributed by atoms with E-state index in [1.807, 2.05) is 24.3 Å². The number of hydrogen-bond donors (Lipinski definition) is 2. The first kappa shape index (κ1) is 18.4. The van der Waals surface area contributed by atoms with Gasteiger partial charge in [0.2, 0.25) is 0 Å². The fraction of sp³-hybridized carbons (Fsp3) is 0.455. The van der Waals surface area contributed by atoms with Crippen LogP contribution >= 0.6 is 0 Å². The van der Waals surface area contributed by atoms with Crippen molar-refractivity contribution in [2.45, 2.75) is 39.8 Å². The summed E-state index contributed by atoms with van der Waals surface area (Å²) >= 11 is 0. The Morgan fingerprint density at radius 3 is 2.35 bits per heavy atom. The van der Waals surface area contributed by atoms with Crippen LogP contribution in [-0.4, -0.2) is 20.3 Å². The van der Waals surface area contributed by atoms with Crippen LogP contribution in [0, 0.1) is 11.3 Å². The maximum Gasteiger partial charge on any atom is 0.120 e. The molecule has 0 aromatic heterocycles. The summed E-state index contributed by atoms with van der Waals surface area (Å²) in [6, 6.07) is 14.9. The lowest BCUT2D eigenvalue weighted by molar-refractivity contribution is 0.205. The molecule has 140 valence electrons. The number of benzene rings is 2. The zero-order valence-electron chi connectivity index (χ0n) is 16.6. The molecule has 2 aromatic carbocycles. The second-order valence-electron chi connectivity index (χ2n) is 7.95. The Kier molecular flexibility index (Phi) is 5.03. The maximum atomic E-state index is 5.43. The van der Waals surface area contributed by atoms with Gasteiger partial charge in [-0.15, -0.1) is 0 Å². The standard InChI is InChI=1S/C22H30N2O2/c1-14(2)20-22(3,4)21(23-15-8-7-9-16(12-15)25-5)18-11-10-17(26-6)13-19(18)24-20/h7-14,20-21,23-24H,1-6H3/t20-,21-/m1/s1. The minimum Gasteiger partial charge on any atom is -0.497 e. The van der Waals surface area contributed by atoms with Gasteiger partial charge in [0, 0.05) is 35.0 Å². The van der Waals surface area contributed by atoms with Crippen molar-refractivity contribution < 1.29 is 9.47 Å². The maximum absolute atomic E-state index is 5.43. The molecule has 4 nitrogen and oxygen atoms in total. The molecule has 0 fully saturated rings. The third-order valence-corrected chi connectivity index (χ3v) is 5.48. The van der Waals surface area contributed by atoms with Crippen LogP contribution in [0.1, 0.15) is 39.3 Å². The molecule has 2 atom stereocenters. The number of fused-ring (bicyclic) bond motifs is 1. The van der Waals surface area contributed by atoms with Gasteiger partial charge in [-0.05, 0) is 29.7 Å². The number of rotatable bonds is 5. The third kappa shape index (κ3) is 3.33. The van der Waals surface area contributed by atoms with Gasteiger partial charge >= 0.3 is 0 Å². The van der Waals surface area contributed by atoms with Crippen molar-refractivity contribution in [3.8, 4) is 11.5 Å². The summed E-state index contributed by atoms with van der Waals surface area (Å²) in [4.78, 5) is 0. The number of anilines is 2. The Balaban J connectivity index is 2.05. The highest BCUT2D eigenvalue weighted by atomic mass is 16.5. The fourth-order valence-corrected chi connectivity index (χ4v) is 4.14. The SMILES string of the molecule is COc1cccc(N[C@@H]2c3ccc(OC)cc3N[C@H](C(C)C)C2(C)C)c1. The lowest BCUT2D eigenvalue weighted by atomic mass is 9.68. The average molecular weight is 354 g/mol. The van der Waals surface area contributed by atoms with Gasteiger partial charge in [-0.2, -0.15) is 0 Å². The van der Waals surface area contributed by atoms with Gasteiger partial charge in [-0.1, -0.05) is 39.8 Å². The Morgan fingerprint density at radius 1 is 1.00 bits per heavy atom. The van der Waals surface area contributed by atoms with Crippen molar-refractivity contribution in [1.29, 1.82) is 0 Å². The minimum atomic E-state index is 0.0127. The van der Waals surface area contributed by atoms with E-state index in [1.165, 1.54) is 5.56 Å². The fourth-order valence-electron chi connectivity index (χ4n) is 4.14. The summed E-state index contributed by atoms with van der Waals surface area (Å²) in [6.07, 6.45) is 0. The van der Waals surface area contributed by atoms with E-state index < -0.39 is 0 Å². The van der Waals surface area contributed by atoms with Gasteiger partial charge in [0.25, 0.3) is 0 Å². The molecule has 1 heterocycles. The molecule has 2 N–H and O–H groups in total. The number of methoxy groups -OCH3 is 2. The predicted molar refractivity (Wildman–Crippen MR) is 108 cm³/mol. The van der Waals surface area contributed by atoms with Gasteiger partial charge in [0.1, 0.15) is 11.5 Å². The van der Waals surface area contributed by atoms with Gasteiger partial charge in [0.15, 0.2) is 0 Å². The van der Waals surface area contributed by atoms with Crippen molar-refractivity contribution in [3.05, 3.63) is 48.0 Å². The highest BCUT2D eigenvalue weighted by Gasteiger charge is 2.44. The summed E-state index contributed by atoms with van der Waals surface area (Å²) in [7, 11) is 3.41. The largest absolute Gasteiger partial charge is 0.497 e. The molecule has 26 heavy (non-hydrogen) atoms. The van der Waals surface area contributed by atoms with Crippen LogP contribution in [-0.2, 0) is 0 Å². The van der Waals surface area contributed by atoms with E-state index in [4.69, 9.17) is 9.47 Å². The first-order chi connectivity index (χ1) is 12.4. The minimum absolute atomic E-state index is 0.0127. The molecule has 0 saturated carbocycles. The summed E-state index contributed by atoms with van der Waals surface area (Å²) < 4.78 is 10.8. The average Bonchev–Trinajstić information content (AvgIpc) is 2.63. The summed E-state index contributed by atoms with van der Waals surface area (Å²) in [5, 5.41) is 7.52. The molecule has 0 amide bonds. The topological polar surface area (TPSA) is 42.5 Å². The predicted octanol–water partition coefficient (Wildman–Crippen LogP) is 5.33. The highest BCUT2D eigenvalue weighted by Crippen LogP contribution is 2.49. The number of nitrogens with one attached hydrogen (secondary N) is 2. The van der Waals surface area contributed by atoms with Crippen LogP contribution in [0.15, 0.2) is 42.5 Å². The van der Waals surface area contributed by atoms with Crippen LogP contribution in [0.4, 0.5) is 11.4 Å². The van der Waals surface area contributed by atoms with Crippen molar-refractivity contribution >= 4 is 11.4 Å². The molecule has 0 radical (unpaired) electrons. The van der Waals surface area contributed by atoms with Crippen LogP contribution in [0.2, 0.25) is 0 Å². The van der Waals surface area contributed by atoms with E-state index in [9.17, 15) is 0 Å². The highest BCUT2D eigenvalue weighted by molar-refractivity contribution is 5.63. The summed E-state index contributed by atoms with van der Waals surface area (Å²) in [6.45, 7) is 9.20. The second kappa shape index (κ2) is 7.10. The van der Waals surface area contributed by atoms with Crippen molar-refractivity contribution in [3.63, 3.8) is 0 Å². The Hall–Kier alpha value is -2.36. The van der Waals surface area contributed by atoms with Crippen LogP contribution in [0.5, 0.6) is 11.5 Å². The number of ether oxygens (including phenoxy) is 2. The van der Waals surface area contributed by atoms with Crippen LogP contribution in [0.25, 0.3) is 0 Å². The van der Waals surface area contributed by atoms with Crippen LogP contribution < -0.4 is 20.1 Å². The third-order valence-electron chi connectivity index (χ3n) is 5.48. The molecule has 0 spiro atoms. The quantitative estimate of drug-likeness (QED) is 0.761. The number of hydrogen-bond acceptors (Lipinski definition) is 4. The molecule has 1 aliphatic heterocycles. The first-order valence-electron chi connectivity index (χ1n) is 9.22. The lowest BCUT2D eigenvalue weighted by Gasteiger charge is -2.49. The van der Waals surface area contributed by atoms with E-state index in [0.29, 0.717) is 12.0 Å².